The number of likely N-dealkylation sites (N-methyl/N-ethyl adjacent to an activating group) is 1. The Labute approximate surface area is 178 Å². The van der Waals surface area contributed by atoms with E-state index < -0.39 is 0 Å². The highest BCUT2D eigenvalue weighted by Gasteiger charge is 2.30. The molecule has 0 radical (unpaired) electrons. The molecule has 0 saturated carbocycles. The van der Waals surface area contributed by atoms with Gasteiger partial charge in [0.1, 0.15) is 38.0 Å². The number of benzene rings is 1. The number of quaternary nitrogens is 2. The first-order chi connectivity index (χ1) is 13.9. The van der Waals surface area contributed by atoms with Crippen molar-refractivity contribution >= 4 is 17.2 Å². The number of hydrogen-bond acceptors (Lipinski definition) is 3. The van der Waals surface area contributed by atoms with Gasteiger partial charge in [0.2, 0.25) is 0 Å². The highest BCUT2D eigenvalue weighted by atomic mass is 32.1. The molecule has 3 rings (SSSR count). The van der Waals surface area contributed by atoms with E-state index in [2.05, 4.69) is 55.9 Å². The van der Waals surface area contributed by atoms with Crippen LogP contribution < -0.4 is 19.9 Å². The third-order valence-electron chi connectivity index (χ3n) is 5.78. The third kappa shape index (κ3) is 6.04. The van der Waals surface area contributed by atoms with Crippen LogP contribution in [0.2, 0.25) is 0 Å². The highest BCUT2D eigenvalue weighted by molar-refractivity contribution is 7.10. The van der Waals surface area contributed by atoms with Crippen LogP contribution in [0.4, 0.5) is 0 Å². The summed E-state index contributed by atoms with van der Waals surface area (Å²) in [5.74, 6) is 1.12. The Balaban J connectivity index is 1.57. The molecule has 1 fully saturated rings. The van der Waals surface area contributed by atoms with E-state index in [4.69, 9.17) is 4.74 Å². The molecule has 2 heterocycles. The SMILES string of the molecule is Cc1ccc(C(C)C)c(OCC(=O)NC[C@@H](c2cccs2)[NH+]2CC[NH+](C)CC2)c1. The van der Waals surface area contributed by atoms with Crippen molar-refractivity contribution < 1.29 is 19.3 Å². The zero-order valence-corrected chi connectivity index (χ0v) is 18.9. The quantitative estimate of drug-likeness (QED) is 0.596. The number of carbonyl (C=O) groups is 1. The largest absolute Gasteiger partial charge is 0.483 e. The number of aryl methyl sites for hydroxylation is 1. The third-order valence-corrected chi connectivity index (χ3v) is 6.76. The topological polar surface area (TPSA) is 47.2 Å². The molecule has 158 valence electrons. The smallest absolute Gasteiger partial charge is 0.258 e. The summed E-state index contributed by atoms with van der Waals surface area (Å²) in [5.41, 5.74) is 2.28. The Bertz CT molecular complexity index is 783. The lowest BCUT2D eigenvalue weighted by molar-refractivity contribution is -1.02. The lowest BCUT2D eigenvalue weighted by Gasteiger charge is -2.33. The van der Waals surface area contributed by atoms with Gasteiger partial charge in [-0.25, -0.2) is 0 Å². The number of ether oxygens (including phenoxy) is 1. The monoisotopic (exact) mass is 417 g/mol. The fourth-order valence-corrected chi connectivity index (χ4v) is 4.82. The van der Waals surface area contributed by atoms with Crippen molar-refractivity contribution in [3.8, 4) is 5.75 Å². The Kier molecular flexibility index (Phi) is 7.70. The van der Waals surface area contributed by atoms with Gasteiger partial charge < -0.3 is 19.9 Å². The van der Waals surface area contributed by atoms with Gasteiger partial charge in [-0.2, -0.15) is 0 Å². The molecule has 1 aromatic carbocycles. The molecule has 5 nitrogen and oxygen atoms in total. The van der Waals surface area contributed by atoms with Crippen LogP contribution in [-0.4, -0.2) is 52.3 Å². The molecule has 1 saturated heterocycles. The maximum absolute atomic E-state index is 12.5. The molecule has 1 aromatic heterocycles. The fourth-order valence-electron chi connectivity index (χ4n) is 3.94. The lowest BCUT2D eigenvalue weighted by atomic mass is 10.0. The first-order valence-corrected chi connectivity index (χ1v) is 11.5. The second-order valence-electron chi connectivity index (χ2n) is 8.47. The number of hydrogen-bond donors (Lipinski definition) is 3. The maximum Gasteiger partial charge on any atom is 0.258 e. The van der Waals surface area contributed by atoms with Crippen LogP contribution in [0.5, 0.6) is 5.75 Å². The molecule has 0 bridgehead atoms. The Morgan fingerprint density at radius 2 is 1.97 bits per heavy atom. The zero-order valence-electron chi connectivity index (χ0n) is 18.1. The molecular weight excluding hydrogens is 382 g/mol. The van der Waals surface area contributed by atoms with E-state index in [1.807, 2.05) is 13.0 Å². The lowest BCUT2D eigenvalue weighted by Crippen LogP contribution is -3.27. The molecule has 2 aromatic rings. The summed E-state index contributed by atoms with van der Waals surface area (Å²) in [7, 11) is 2.26. The van der Waals surface area contributed by atoms with Crippen LogP contribution in [0, 0.1) is 6.92 Å². The van der Waals surface area contributed by atoms with E-state index >= 15 is 0 Å². The van der Waals surface area contributed by atoms with Crippen molar-refractivity contribution in [3.05, 3.63) is 51.7 Å². The van der Waals surface area contributed by atoms with Gasteiger partial charge in [0.05, 0.1) is 18.5 Å². The first-order valence-electron chi connectivity index (χ1n) is 10.6. The molecule has 1 amide bonds. The van der Waals surface area contributed by atoms with E-state index in [9.17, 15) is 4.79 Å². The van der Waals surface area contributed by atoms with E-state index in [1.54, 1.807) is 21.1 Å². The van der Waals surface area contributed by atoms with E-state index in [0.29, 0.717) is 18.5 Å². The summed E-state index contributed by atoms with van der Waals surface area (Å²) in [4.78, 5) is 17.1. The minimum Gasteiger partial charge on any atom is -0.483 e. The normalized spacial score (nSPS) is 20.4. The maximum atomic E-state index is 12.5. The van der Waals surface area contributed by atoms with Crippen molar-refractivity contribution in [2.24, 2.45) is 0 Å². The van der Waals surface area contributed by atoms with Crippen molar-refractivity contribution in [2.75, 3.05) is 46.4 Å². The predicted octanol–water partition coefficient (Wildman–Crippen LogP) is 0.829. The minimum absolute atomic E-state index is 0.0538. The van der Waals surface area contributed by atoms with E-state index in [1.165, 1.54) is 18.0 Å². The first kappa shape index (κ1) is 21.8. The van der Waals surface area contributed by atoms with Crippen LogP contribution in [0.1, 0.15) is 41.8 Å². The molecule has 0 spiro atoms. The second kappa shape index (κ2) is 10.2. The van der Waals surface area contributed by atoms with Gasteiger partial charge in [-0.3, -0.25) is 4.79 Å². The van der Waals surface area contributed by atoms with E-state index in [-0.39, 0.29) is 12.5 Å². The average Bonchev–Trinajstić information content (AvgIpc) is 3.22. The fraction of sp³-hybridized carbons (Fsp3) is 0.522. The number of nitrogens with one attached hydrogen (secondary N) is 3. The van der Waals surface area contributed by atoms with Gasteiger partial charge in [0, 0.05) is 0 Å². The number of carbonyl (C=O) groups excluding carboxylic acids is 1. The predicted molar refractivity (Wildman–Crippen MR) is 118 cm³/mol. The van der Waals surface area contributed by atoms with Crippen molar-refractivity contribution in [3.63, 3.8) is 0 Å². The summed E-state index contributed by atoms with van der Waals surface area (Å²) in [5, 5.41) is 5.25. The number of rotatable bonds is 8. The summed E-state index contributed by atoms with van der Waals surface area (Å²) in [6, 6.07) is 10.8. The number of amides is 1. The van der Waals surface area contributed by atoms with Crippen molar-refractivity contribution in [1.29, 1.82) is 0 Å². The second-order valence-corrected chi connectivity index (χ2v) is 9.45. The summed E-state index contributed by atoms with van der Waals surface area (Å²) >= 11 is 1.78. The highest BCUT2D eigenvalue weighted by Crippen LogP contribution is 2.27. The molecule has 29 heavy (non-hydrogen) atoms. The Morgan fingerprint density at radius 1 is 1.21 bits per heavy atom. The minimum atomic E-state index is -0.0538. The molecule has 0 unspecified atom stereocenters. The Morgan fingerprint density at radius 3 is 2.62 bits per heavy atom. The molecule has 6 heteroatoms. The van der Waals surface area contributed by atoms with Crippen LogP contribution in [0.25, 0.3) is 0 Å². The van der Waals surface area contributed by atoms with Crippen LogP contribution in [-0.2, 0) is 4.79 Å². The van der Waals surface area contributed by atoms with E-state index in [0.717, 1.165) is 30.0 Å². The molecule has 1 aliphatic rings. The number of piperazine rings is 1. The van der Waals surface area contributed by atoms with Gasteiger partial charge in [0.25, 0.3) is 5.91 Å². The van der Waals surface area contributed by atoms with Crippen LogP contribution in [0.15, 0.2) is 35.7 Å². The van der Waals surface area contributed by atoms with Crippen LogP contribution in [0.3, 0.4) is 0 Å². The zero-order chi connectivity index (χ0) is 20.8. The molecule has 3 N–H and O–H groups in total. The number of thiophene rings is 1. The molecule has 1 aliphatic heterocycles. The molecule has 1 atom stereocenters. The van der Waals surface area contributed by atoms with Gasteiger partial charge in [0.15, 0.2) is 6.61 Å². The van der Waals surface area contributed by atoms with Crippen LogP contribution >= 0.6 is 11.3 Å². The van der Waals surface area contributed by atoms with Gasteiger partial charge in [-0.05, 0) is 41.5 Å². The summed E-state index contributed by atoms with van der Waals surface area (Å²) in [6.45, 7) is 11.7. The summed E-state index contributed by atoms with van der Waals surface area (Å²) in [6.07, 6.45) is 0. The van der Waals surface area contributed by atoms with Gasteiger partial charge >= 0.3 is 0 Å². The standard InChI is InChI=1S/C23H33N3O2S/c1-17(2)19-8-7-18(3)14-21(19)28-16-23(27)24-15-20(22-6-5-13-29-22)26-11-9-25(4)10-12-26/h5-8,13-14,17,20H,9-12,15-16H2,1-4H3,(H,24,27)/p+2/t20-/m0/s1. The molecular formula is C23H35N3O2S+2. The van der Waals surface area contributed by atoms with Gasteiger partial charge in [-0.1, -0.05) is 32.0 Å². The average molecular weight is 418 g/mol. The summed E-state index contributed by atoms with van der Waals surface area (Å²) < 4.78 is 5.90. The van der Waals surface area contributed by atoms with Gasteiger partial charge in [-0.15, -0.1) is 11.3 Å². The Hall–Kier alpha value is -1.89. The molecule has 0 aliphatic carbocycles. The van der Waals surface area contributed by atoms with Crippen molar-refractivity contribution in [2.45, 2.75) is 32.7 Å². The van der Waals surface area contributed by atoms with Crippen molar-refractivity contribution in [1.82, 2.24) is 5.32 Å².